The van der Waals surface area contributed by atoms with Gasteiger partial charge in [-0.15, -0.1) is 0 Å². The van der Waals surface area contributed by atoms with Gasteiger partial charge in [-0.3, -0.25) is 0 Å². The van der Waals surface area contributed by atoms with Crippen LogP contribution in [0.4, 0.5) is 0 Å². The summed E-state index contributed by atoms with van der Waals surface area (Å²) in [4.78, 5) is 7.77. The van der Waals surface area contributed by atoms with Crippen LogP contribution in [0.2, 0.25) is 0 Å². The van der Waals surface area contributed by atoms with Crippen LogP contribution in [0.5, 0.6) is 0 Å². The molecule has 0 fully saturated rings. The van der Waals surface area contributed by atoms with Crippen LogP contribution in [-0.2, 0) is 0 Å². The highest BCUT2D eigenvalue weighted by Crippen LogP contribution is 2.50. The molecule has 2 heteroatoms. The van der Waals surface area contributed by atoms with Crippen LogP contribution in [0.1, 0.15) is 30.5 Å². The molecule has 3 atom stereocenters. The number of pyridine rings is 1. The van der Waals surface area contributed by atoms with Gasteiger partial charge in [-0.2, -0.15) is 0 Å². The minimum Gasteiger partial charge on any atom is -0.367 e. The molecular weight excluding hydrogens is 641 g/mol. The monoisotopic (exact) mass is 682 g/mol. The molecule has 0 saturated carbocycles. The molecule has 1 aromatic heterocycles. The van der Waals surface area contributed by atoms with Gasteiger partial charge in [-0.25, -0.2) is 4.98 Å². The Morgan fingerprint density at radius 2 is 1.15 bits per heavy atom. The third kappa shape index (κ3) is 6.11. The van der Waals surface area contributed by atoms with Crippen LogP contribution in [0.15, 0.2) is 194 Å². The summed E-state index contributed by atoms with van der Waals surface area (Å²) in [5, 5.41) is 1.15. The number of rotatable bonds is 7. The van der Waals surface area contributed by atoms with E-state index in [1.807, 2.05) is 0 Å². The van der Waals surface area contributed by atoms with E-state index in [1.165, 1.54) is 55.8 Å². The van der Waals surface area contributed by atoms with Crippen LogP contribution in [0.25, 0.3) is 61.2 Å². The molecule has 0 saturated heterocycles. The first kappa shape index (κ1) is 32.6. The predicted molar refractivity (Wildman–Crippen MR) is 223 cm³/mol. The topological polar surface area (TPSA) is 16.1 Å². The highest BCUT2D eigenvalue weighted by atomic mass is 15.2. The van der Waals surface area contributed by atoms with Gasteiger partial charge < -0.3 is 4.90 Å². The van der Waals surface area contributed by atoms with Crippen LogP contribution in [-0.4, -0.2) is 16.9 Å². The quantitative estimate of drug-likeness (QED) is 0.166. The highest BCUT2D eigenvalue weighted by molar-refractivity contribution is 5.97. The van der Waals surface area contributed by atoms with Gasteiger partial charge >= 0.3 is 0 Å². The van der Waals surface area contributed by atoms with Crippen molar-refractivity contribution in [2.45, 2.75) is 19.4 Å². The summed E-state index contributed by atoms with van der Waals surface area (Å²) >= 11 is 0. The van der Waals surface area contributed by atoms with E-state index in [-0.39, 0.29) is 6.04 Å². The van der Waals surface area contributed by atoms with Crippen LogP contribution in [0, 0.1) is 11.8 Å². The molecule has 2 nitrogen and oxygen atoms in total. The normalized spacial score (nSPS) is 18.0. The summed E-state index contributed by atoms with van der Waals surface area (Å²) in [6.45, 7) is 2.35. The van der Waals surface area contributed by atoms with Gasteiger partial charge in [0, 0.05) is 29.6 Å². The SMILES string of the molecule is CCC1C2C=CC=CC2=C(c2cccc(-c3cc(-c4cccc(-c5ccccc5)c4)nc4ccccc34)c2)N(C)C1c1cccc(-c2ccccc2)c1. The summed E-state index contributed by atoms with van der Waals surface area (Å²) in [5.41, 5.74) is 15.7. The lowest BCUT2D eigenvalue weighted by atomic mass is 9.70. The minimum absolute atomic E-state index is 0.220. The van der Waals surface area contributed by atoms with Gasteiger partial charge in [0.25, 0.3) is 0 Å². The largest absolute Gasteiger partial charge is 0.367 e. The highest BCUT2D eigenvalue weighted by Gasteiger charge is 2.40. The van der Waals surface area contributed by atoms with Gasteiger partial charge in [-0.1, -0.05) is 171 Å². The van der Waals surface area contributed by atoms with E-state index in [9.17, 15) is 0 Å². The van der Waals surface area contributed by atoms with E-state index < -0.39 is 0 Å². The summed E-state index contributed by atoms with van der Waals surface area (Å²) in [5.74, 6) is 0.767. The van der Waals surface area contributed by atoms with Crippen LogP contribution < -0.4 is 0 Å². The van der Waals surface area contributed by atoms with E-state index in [2.05, 4.69) is 207 Å². The smallest absolute Gasteiger partial charge is 0.0716 e. The number of aromatic nitrogens is 1. The number of fused-ring (bicyclic) bond motifs is 2. The molecule has 0 N–H and O–H groups in total. The zero-order chi connectivity index (χ0) is 35.7. The van der Waals surface area contributed by atoms with Crippen molar-refractivity contribution in [3.63, 3.8) is 0 Å². The molecule has 6 aromatic carbocycles. The molecule has 256 valence electrons. The summed E-state index contributed by atoms with van der Waals surface area (Å²) in [7, 11) is 2.31. The second-order valence-electron chi connectivity index (χ2n) is 14.3. The zero-order valence-electron chi connectivity index (χ0n) is 30.2. The minimum atomic E-state index is 0.220. The lowest BCUT2D eigenvalue weighted by molar-refractivity contribution is 0.193. The summed E-state index contributed by atoms with van der Waals surface area (Å²) in [6.07, 6.45) is 10.3. The Bertz CT molecular complexity index is 2520. The fourth-order valence-electron chi connectivity index (χ4n) is 8.73. The van der Waals surface area contributed by atoms with Crippen molar-refractivity contribution in [1.82, 2.24) is 9.88 Å². The fourth-order valence-corrected chi connectivity index (χ4v) is 8.73. The number of allylic oxidation sites excluding steroid dienone is 5. The first-order valence-electron chi connectivity index (χ1n) is 18.8. The van der Waals surface area contributed by atoms with Crippen molar-refractivity contribution < 1.29 is 0 Å². The first-order valence-corrected chi connectivity index (χ1v) is 18.8. The Hall–Kier alpha value is -6.25. The van der Waals surface area contributed by atoms with Gasteiger partial charge in [-0.05, 0) is 86.3 Å². The fraction of sp³-hybridized carbons (Fsp3) is 0.118. The zero-order valence-corrected chi connectivity index (χ0v) is 30.2. The van der Waals surface area contributed by atoms with Crippen molar-refractivity contribution in [2.75, 3.05) is 7.05 Å². The Balaban J connectivity index is 1.16. The maximum atomic E-state index is 5.20. The standard InChI is InChI=1S/C51H42N2/c1-3-43-44-27-10-11-29-46(44)51(53(2)50(43)41-25-15-22-38(32-41)36-19-8-5-9-20-36)42-26-16-23-39(33-42)47-34-49(52-48-30-13-12-28-45(47)48)40-24-14-21-37(31-40)35-17-6-4-7-18-35/h4-34,43-44,50H,3H2,1-2H3. The summed E-state index contributed by atoms with van der Waals surface area (Å²) < 4.78 is 0. The van der Waals surface area contributed by atoms with Gasteiger partial charge in [0.05, 0.1) is 17.3 Å². The summed E-state index contributed by atoms with van der Waals surface area (Å²) in [6, 6.07) is 59.5. The molecule has 2 heterocycles. The van der Waals surface area contributed by atoms with Gasteiger partial charge in [0.2, 0.25) is 0 Å². The Labute approximate surface area is 313 Å². The average molecular weight is 683 g/mol. The lowest BCUT2D eigenvalue weighted by Crippen LogP contribution is -2.39. The molecule has 1 aliphatic carbocycles. The second kappa shape index (κ2) is 14.1. The van der Waals surface area contributed by atoms with Crippen molar-refractivity contribution in [3.05, 3.63) is 205 Å². The lowest BCUT2D eigenvalue weighted by Gasteiger charge is -2.47. The predicted octanol–water partition coefficient (Wildman–Crippen LogP) is 13.1. The number of hydrogen-bond acceptors (Lipinski definition) is 2. The molecule has 53 heavy (non-hydrogen) atoms. The maximum Gasteiger partial charge on any atom is 0.0716 e. The number of benzene rings is 6. The molecule has 0 bridgehead atoms. The average Bonchev–Trinajstić information content (AvgIpc) is 3.23. The molecule has 3 unspecified atom stereocenters. The van der Waals surface area contributed by atoms with Crippen molar-refractivity contribution in [1.29, 1.82) is 0 Å². The van der Waals surface area contributed by atoms with E-state index in [1.54, 1.807) is 0 Å². The molecule has 0 radical (unpaired) electrons. The molecular formula is C51H42N2. The molecule has 0 amide bonds. The van der Waals surface area contributed by atoms with E-state index in [0.717, 1.165) is 28.6 Å². The first-order chi connectivity index (χ1) is 26.2. The molecule has 9 rings (SSSR count). The number of nitrogens with zero attached hydrogens (tertiary/aromatic N) is 2. The third-order valence-electron chi connectivity index (χ3n) is 11.2. The maximum absolute atomic E-state index is 5.20. The van der Waals surface area contributed by atoms with Crippen LogP contribution in [0.3, 0.4) is 0 Å². The van der Waals surface area contributed by atoms with E-state index in [0.29, 0.717) is 11.8 Å². The Morgan fingerprint density at radius 1 is 0.547 bits per heavy atom. The number of para-hydroxylation sites is 1. The van der Waals surface area contributed by atoms with Gasteiger partial charge in [0.1, 0.15) is 0 Å². The third-order valence-corrected chi connectivity index (χ3v) is 11.2. The van der Waals surface area contributed by atoms with Gasteiger partial charge in [0.15, 0.2) is 0 Å². The van der Waals surface area contributed by atoms with E-state index >= 15 is 0 Å². The van der Waals surface area contributed by atoms with Crippen molar-refractivity contribution in [3.8, 4) is 44.6 Å². The second-order valence-corrected chi connectivity index (χ2v) is 14.3. The molecule has 7 aromatic rings. The van der Waals surface area contributed by atoms with Crippen molar-refractivity contribution in [2.24, 2.45) is 11.8 Å². The Kier molecular flexibility index (Phi) is 8.65. The van der Waals surface area contributed by atoms with Crippen molar-refractivity contribution >= 4 is 16.6 Å². The molecule has 2 aliphatic rings. The molecule has 0 spiro atoms. The van der Waals surface area contributed by atoms with Crippen LogP contribution >= 0.6 is 0 Å². The Morgan fingerprint density at radius 3 is 1.91 bits per heavy atom. The van der Waals surface area contributed by atoms with E-state index in [4.69, 9.17) is 4.98 Å². The molecule has 1 aliphatic heterocycles. The number of hydrogen-bond donors (Lipinski definition) is 0.